The lowest BCUT2D eigenvalue weighted by Crippen LogP contribution is -2.13. The van der Waals surface area contributed by atoms with Gasteiger partial charge in [-0.25, -0.2) is 9.78 Å². The number of methoxy groups -OCH3 is 1. The van der Waals surface area contributed by atoms with Crippen LogP contribution in [0.3, 0.4) is 0 Å². The van der Waals surface area contributed by atoms with Gasteiger partial charge >= 0.3 is 5.97 Å². The zero-order valence-corrected chi connectivity index (χ0v) is 16.1. The van der Waals surface area contributed by atoms with Crippen molar-refractivity contribution >= 4 is 34.4 Å². The summed E-state index contributed by atoms with van der Waals surface area (Å²) in [6.45, 7) is 0. The maximum Gasteiger partial charge on any atom is 0.341 e. The van der Waals surface area contributed by atoms with Gasteiger partial charge in [-0.15, -0.1) is 11.3 Å². The first-order chi connectivity index (χ1) is 14.0. The van der Waals surface area contributed by atoms with Gasteiger partial charge in [-0.1, -0.05) is 36.4 Å². The topological polar surface area (TPSA) is 112 Å². The number of aromatic nitrogens is 1. The number of phenols is 1. The van der Waals surface area contributed by atoms with E-state index in [9.17, 15) is 20.0 Å². The average Bonchev–Trinajstić information content (AvgIpc) is 3.21. The van der Waals surface area contributed by atoms with Crippen LogP contribution in [0.25, 0.3) is 17.3 Å². The zero-order valence-electron chi connectivity index (χ0n) is 15.2. The molecule has 1 amide bonds. The minimum Gasteiger partial charge on any atom is -0.507 e. The van der Waals surface area contributed by atoms with Crippen LogP contribution in [0.1, 0.15) is 15.9 Å². The monoisotopic (exact) mass is 405 g/mol. The van der Waals surface area contributed by atoms with Gasteiger partial charge in [-0.2, -0.15) is 5.26 Å². The first-order valence-electron chi connectivity index (χ1n) is 8.37. The number of phenolic OH excluding ortho intramolecular Hbond substituents is 1. The van der Waals surface area contributed by atoms with Crippen LogP contribution >= 0.6 is 11.3 Å². The summed E-state index contributed by atoms with van der Waals surface area (Å²) in [4.78, 5) is 28.5. The molecule has 0 saturated carbocycles. The second kappa shape index (κ2) is 8.82. The van der Waals surface area contributed by atoms with Crippen LogP contribution in [0, 0.1) is 11.3 Å². The van der Waals surface area contributed by atoms with E-state index in [4.69, 9.17) is 0 Å². The lowest BCUT2D eigenvalue weighted by molar-refractivity contribution is -0.112. The maximum absolute atomic E-state index is 12.5. The van der Waals surface area contributed by atoms with Gasteiger partial charge in [-0.05, 0) is 23.8 Å². The van der Waals surface area contributed by atoms with Crippen LogP contribution in [-0.4, -0.2) is 29.1 Å². The maximum atomic E-state index is 12.5. The standard InChI is InChI=1S/C21H15N3O4S/c1-28-20(27)16-10-13(7-8-18(16)25)9-15(11-22)19(26)24-21-23-17(12-29-21)14-5-3-2-4-6-14/h2-10,12,25H,1H3,(H,23,24,26)/b15-9+. The van der Waals surface area contributed by atoms with Crippen molar-refractivity contribution < 1.29 is 19.4 Å². The van der Waals surface area contributed by atoms with Crippen LogP contribution in [0.15, 0.2) is 59.5 Å². The molecule has 29 heavy (non-hydrogen) atoms. The molecular formula is C21H15N3O4S. The van der Waals surface area contributed by atoms with Crippen molar-refractivity contribution in [3.8, 4) is 23.1 Å². The summed E-state index contributed by atoms with van der Waals surface area (Å²) in [6, 6.07) is 15.4. The number of carbonyl (C=O) groups is 2. The van der Waals surface area contributed by atoms with E-state index in [1.807, 2.05) is 41.8 Å². The third-order valence-corrected chi connectivity index (χ3v) is 4.65. The van der Waals surface area contributed by atoms with E-state index < -0.39 is 11.9 Å². The average molecular weight is 405 g/mol. The molecule has 2 N–H and O–H groups in total. The summed E-state index contributed by atoms with van der Waals surface area (Å²) in [7, 11) is 1.19. The van der Waals surface area contributed by atoms with E-state index in [0.29, 0.717) is 10.7 Å². The molecule has 1 aromatic heterocycles. The quantitative estimate of drug-likeness (QED) is 0.379. The zero-order chi connectivity index (χ0) is 20.8. The van der Waals surface area contributed by atoms with E-state index in [-0.39, 0.29) is 16.9 Å². The lowest BCUT2D eigenvalue weighted by atomic mass is 10.1. The van der Waals surface area contributed by atoms with Crippen LogP contribution < -0.4 is 5.32 Å². The number of benzene rings is 2. The SMILES string of the molecule is COC(=O)c1cc(/C=C(\C#N)C(=O)Nc2nc(-c3ccccc3)cs2)ccc1O. The number of carbonyl (C=O) groups excluding carboxylic acids is 2. The van der Waals surface area contributed by atoms with E-state index >= 15 is 0 Å². The highest BCUT2D eigenvalue weighted by Crippen LogP contribution is 2.25. The molecule has 0 saturated heterocycles. The van der Waals surface area contributed by atoms with E-state index in [2.05, 4.69) is 15.0 Å². The molecule has 0 atom stereocenters. The second-order valence-corrected chi connectivity index (χ2v) is 6.65. The second-order valence-electron chi connectivity index (χ2n) is 5.80. The number of ether oxygens (including phenoxy) is 1. The minimum atomic E-state index is -0.725. The number of hydrogen-bond acceptors (Lipinski definition) is 7. The Kier molecular flexibility index (Phi) is 6.02. The molecule has 7 nitrogen and oxygen atoms in total. The Balaban J connectivity index is 1.80. The van der Waals surface area contributed by atoms with Gasteiger partial charge in [0.1, 0.15) is 23.0 Å². The molecule has 0 bridgehead atoms. The minimum absolute atomic E-state index is 0.0635. The molecule has 0 aliphatic heterocycles. The van der Waals surface area contributed by atoms with E-state index in [1.165, 1.54) is 42.7 Å². The molecule has 0 aliphatic rings. The third-order valence-electron chi connectivity index (χ3n) is 3.90. The van der Waals surface area contributed by atoms with Crippen LogP contribution in [0.2, 0.25) is 0 Å². The molecule has 0 radical (unpaired) electrons. The van der Waals surface area contributed by atoms with Crippen molar-refractivity contribution in [2.75, 3.05) is 12.4 Å². The molecule has 0 spiro atoms. The number of amides is 1. The Morgan fingerprint density at radius 1 is 1.24 bits per heavy atom. The summed E-state index contributed by atoms with van der Waals surface area (Å²) >= 11 is 1.24. The van der Waals surface area contributed by atoms with E-state index in [0.717, 1.165) is 11.3 Å². The number of aromatic hydroxyl groups is 1. The van der Waals surface area contributed by atoms with Gasteiger partial charge in [0, 0.05) is 10.9 Å². The smallest absolute Gasteiger partial charge is 0.341 e. The van der Waals surface area contributed by atoms with Gasteiger partial charge < -0.3 is 9.84 Å². The van der Waals surface area contributed by atoms with Crippen LogP contribution in [0.5, 0.6) is 5.75 Å². The Bertz CT molecular complexity index is 1130. The number of hydrogen-bond donors (Lipinski definition) is 2. The van der Waals surface area contributed by atoms with Gasteiger partial charge in [-0.3, -0.25) is 10.1 Å². The molecule has 8 heteroatoms. The van der Waals surface area contributed by atoms with Crippen molar-refractivity contribution in [2.45, 2.75) is 0 Å². The molecule has 144 valence electrons. The van der Waals surface area contributed by atoms with Gasteiger partial charge in [0.2, 0.25) is 0 Å². The van der Waals surface area contributed by atoms with Crippen LogP contribution in [0.4, 0.5) is 5.13 Å². The molecule has 0 aliphatic carbocycles. The molecule has 0 fully saturated rings. The van der Waals surface area contributed by atoms with Crippen molar-refractivity contribution in [1.29, 1.82) is 5.26 Å². The summed E-state index contributed by atoms with van der Waals surface area (Å²) in [5.41, 5.74) is 1.78. The Morgan fingerprint density at radius 3 is 2.69 bits per heavy atom. The predicted molar refractivity (Wildman–Crippen MR) is 109 cm³/mol. The number of nitrogens with one attached hydrogen (secondary N) is 1. The first-order valence-corrected chi connectivity index (χ1v) is 9.25. The van der Waals surface area contributed by atoms with Crippen molar-refractivity contribution in [3.63, 3.8) is 0 Å². The lowest BCUT2D eigenvalue weighted by Gasteiger charge is -2.04. The van der Waals surface area contributed by atoms with Gasteiger partial charge in [0.15, 0.2) is 5.13 Å². The fourth-order valence-electron chi connectivity index (χ4n) is 2.47. The molecule has 3 aromatic rings. The molecule has 2 aromatic carbocycles. The molecule has 1 heterocycles. The fourth-order valence-corrected chi connectivity index (χ4v) is 3.18. The Labute approximate surface area is 170 Å². The summed E-state index contributed by atoms with van der Waals surface area (Å²) < 4.78 is 4.60. The molecular weight excluding hydrogens is 390 g/mol. The van der Waals surface area contributed by atoms with Crippen molar-refractivity contribution in [3.05, 3.63) is 70.6 Å². The first kappa shape index (κ1) is 19.8. The summed E-state index contributed by atoms with van der Waals surface area (Å²) in [5.74, 6) is -1.61. The van der Waals surface area contributed by atoms with E-state index in [1.54, 1.807) is 0 Å². The Hall–Kier alpha value is -3.96. The third kappa shape index (κ3) is 4.66. The fraction of sp³-hybridized carbons (Fsp3) is 0.0476. The van der Waals surface area contributed by atoms with Crippen molar-refractivity contribution in [2.24, 2.45) is 0 Å². The highest BCUT2D eigenvalue weighted by molar-refractivity contribution is 7.14. The predicted octanol–water partition coefficient (Wildman–Crippen LogP) is 3.85. The molecule has 3 rings (SSSR count). The number of nitrogens with zero attached hydrogens (tertiary/aromatic N) is 2. The molecule has 0 unspecified atom stereocenters. The number of thiazole rings is 1. The largest absolute Gasteiger partial charge is 0.507 e. The summed E-state index contributed by atoms with van der Waals surface area (Å²) in [5, 5.41) is 23.9. The van der Waals surface area contributed by atoms with Gasteiger partial charge in [0.25, 0.3) is 5.91 Å². The number of esters is 1. The van der Waals surface area contributed by atoms with Crippen molar-refractivity contribution in [1.82, 2.24) is 4.98 Å². The van der Waals surface area contributed by atoms with Crippen LogP contribution in [-0.2, 0) is 9.53 Å². The normalized spacial score (nSPS) is 10.8. The number of anilines is 1. The highest BCUT2D eigenvalue weighted by atomic mass is 32.1. The Morgan fingerprint density at radius 2 is 2.00 bits per heavy atom. The summed E-state index contributed by atoms with van der Waals surface area (Å²) in [6.07, 6.45) is 1.31. The highest BCUT2D eigenvalue weighted by Gasteiger charge is 2.15. The number of nitriles is 1. The number of rotatable bonds is 5. The van der Waals surface area contributed by atoms with Gasteiger partial charge in [0.05, 0.1) is 12.8 Å².